The number of hydrogen-bond acceptors (Lipinski definition) is 2. The molecule has 3 nitrogen and oxygen atoms in total. The lowest BCUT2D eigenvalue weighted by Gasteiger charge is -2.20. The van der Waals surface area contributed by atoms with Crippen LogP contribution in [0.5, 0.6) is 0 Å². The summed E-state index contributed by atoms with van der Waals surface area (Å²) in [6.45, 7) is 0.901. The van der Waals surface area contributed by atoms with E-state index < -0.39 is 0 Å². The van der Waals surface area contributed by atoms with E-state index in [1.54, 1.807) is 0 Å². The Labute approximate surface area is 88.8 Å². The maximum atomic E-state index is 2.18. The van der Waals surface area contributed by atoms with E-state index in [4.69, 9.17) is 0 Å². The Hall–Kier alpha value is -1.90. The van der Waals surface area contributed by atoms with E-state index in [1.807, 2.05) is 0 Å². The van der Waals surface area contributed by atoms with E-state index in [0.717, 1.165) is 6.67 Å². The highest BCUT2D eigenvalue weighted by Crippen LogP contribution is 2.17. The van der Waals surface area contributed by atoms with Crippen LogP contribution < -0.4 is 5.01 Å². The molecule has 0 saturated carbocycles. The summed E-state index contributed by atoms with van der Waals surface area (Å²) in [5, 5.41) is 3.46. The smallest absolute Gasteiger partial charge is 0.109 e. The van der Waals surface area contributed by atoms with Crippen LogP contribution in [0.3, 0.4) is 0 Å². The summed E-state index contributed by atoms with van der Waals surface area (Å²) >= 11 is 0. The molecule has 0 amide bonds. The second-order valence-corrected chi connectivity index (χ2v) is 3.86. The van der Waals surface area contributed by atoms with Crippen molar-refractivity contribution in [1.29, 1.82) is 0 Å². The van der Waals surface area contributed by atoms with Crippen LogP contribution in [-0.2, 0) is 0 Å². The first-order chi connectivity index (χ1) is 7.34. The monoisotopic (exact) mass is 199 g/mol. The summed E-state index contributed by atoms with van der Waals surface area (Å²) in [7, 11) is 2.07. The molecule has 3 rings (SSSR count). The molecule has 1 aromatic heterocycles. The van der Waals surface area contributed by atoms with Crippen LogP contribution in [0.25, 0.3) is 10.9 Å². The van der Waals surface area contributed by atoms with Crippen LogP contribution in [0.2, 0.25) is 0 Å². The van der Waals surface area contributed by atoms with Gasteiger partial charge in [0.2, 0.25) is 0 Å². The first-order valence-electron chi connectivity index (χ1n) is 5.06. The quantitative estimate of drug-likeness (QED) is 0.695. The third-order valence-electron chi connectivity index (χ3n) is 2.72. The highest BCUT2D eigenvalue weighted by molar-refractivity contribution is 5.80. The van der Waals surface area contributed by atoms with Crippen LogP contribution >= 0.6 is 0 Å². The summed E-state index contributed by atoms with van der Waals surface area (Å²) in [5.74, 6) is 0. The van der Waals surface area contributed by atoms with Gasteiger partial charge in [-0.05, 0) is 12.1 Å². The minimum atomic E-state index is 0.901. The number of benzene rings is 1. The maximum Gasteiger partial charge on any atom is 0.109 e. The minimum absolute atomic E-state index is 0.901. The second kappa shape index (κ2) is 3.05. The zero-order valence-electron chi connectivity index (χ0n) is 8.67. The molecule has 0 radical (unpaired) electrons. The molecule has 3 heteroatoms. The number of hydrogen-bond donors (Lipinski definition) is 0. The van der Waals surface area contributed by atoms with Gasteiger partial charge in [0, 0.05) is 31.0 Å². The van der Waals surface area contributed by atoms with E-state index in [-0.39, 0.29) is 0 Å². The predicted molar refractivity (Wildman–Crippen MR) is 61.9 cm³/mol. The molecule has 0 bridgehead atoms. The molecular formula is C12H13N3. The van der Waals surface area contributed by atoms with Gasteiger partial charge >= 0.3 is 0 Å². The fourth-order valence-corrected chi connectivity index (χ4v) is 1.95. The summed E-state index contributed by atoms with van der Waals surface area (Å²) in [4.78, 5) is 2.15. The van der Waals surface area contributed by atoms with Crippen molar-refractivity contribution in [3.8, 4) is 0 Å². The Morgan fingerprint density at radius 1 is 1.07 bits per heavy atom. The third kappa shape index (κ3) is 1.28. The highest BCUT2D eigenvalue weighted by atomic mass is 15.6. The van der Waals surface area contributed by atoms with Gasteiger partial charge < -0.3 is 4.90 Å². The van der Waals surface area contributed by atoms with Gasteiger partial charge in [-0.25, -0.2) is 0 Å². The standard InChI is InChI=1S/C12H13N3/c1-13-8-9-14(10-13)15-7-6-11-4-2-3-5-12(11)15/h2-9H,10H2,1H3. The molecule has 0 spiro atoms. The van der Waals surface area contributed by atoms with Crippen molar-refractivity contribution in [3.05, 3.63) is 48.9 Å². The van der Waals surface area contributed by atoms with Crippen molar-refractivity contribution in [2.24, 2.45) is 0 Å². The van der Waals surface area contributed by atoms with Crippen LogP contribution in [0.4, 0.5) is 0 Å². The zero-order chi connectivity index (χ0) is 10.3. The lowest BCUT2D eigenvalue weighted by Crippen LogP contribution is -2.30. The van der Waals surface area contributed by atoms with Crippen molar-refractivity contribution >= 4 is 10.9 Å². The minimum Gasteiger partial charge on any atom is -0.360 e. The summed E-state index contributed by atoms with van der Waals surface area (Å²) in [6, 6.07) is 10.6. The lowest BCUT2D eigenvalue weighted by atomic mass is 10.3. The van der Waals surface area contributed by atoms with E-state index in [9.17, 15) is 0 Å². The van der Waals surface area contributed by atoms with E-state index in [0.29, 0.717) is 0 Å². The van der Waals surface area contributed by atoms with Gasteiger partial charge in [-0.2, -0.15) is 0 Å². The Morgan fingerprint density at radius 2 is 1.93 bits per heavy atom. The van der Waals surface area contributed by atoms with E-state index in [1.165, 1.54) is 10.9 Å². The number of para-hydroxylation sites is 1. The fourth-order valence-electron chi connectivity index (χ4n) is 1.95. The van der Waals surface area contributed by atoms with Crippen molar-refractivity contribution in [3.63, 3.8) is 0 Å². The van der Waals surface area contributed by atoms with Crippen molar-refractivity contribution in [2.45, 2.75) is 0 Å². The molecular weight excluding hydrogens is 186 g/mol. The molecule has 1 aromatic carbocycles. The maximum absolute atomic E-state index is 2.18. The topological polar surface area (TPSA) is 11.4 Å². The summed E-state index contributed by atoms with van der Waals surface area (Å²) in [6.07, 6.45) is 6.27. The molecule has 15 heavy (non-hydrogen) atoms. The Bertz CT molecular complexity index is 512. The van der Waals surface area contributed by atoms with Crippen LogP contribution in [0.1, 0.15) is 0 Å². The number of rotatable bonds is 1. The van der Waals surface area contributed by atoms with Gasteiger partial charge in [0.15, 0.2) is 0 Å². The largest absolute Gasteiger partial charge is 0.360 e. The van der Waals surface area contributed by atoms with Gasteiger partial charge in [-0.3, -0.25) is 9.69 Å². The molecule has 0 N–H and O–H groups in total. The number of aromatic nitrogens is 1. The average molecular weight is 199 g/mol. The Kier molecular flexibility index (Phi) is 1.71. The van der Waals surface area contributed by atoms with E-state index >= 15 is 0 Å². The zero-order valence-corrected chi connectivity index (χ0v) is 8.67. The van der Waals surface area contributed by atoms with Gasteiger partial charge in [-0.15, -0.1) is 0 Å². The summed E-state index contributed by atoms with van der Waals surface area (Å²) < 4.78 is 2.18. The van der Waals surface area contributed by atoms with E-state index in [2.05, 4.69) is 70.6 Å². The molecule has 76 valence electrons. The second-order valence-electron chi connectivity index (χ2n) is 3.86. The normalized spacial score (nSPS) is 15.5. The molecule has 1 aliphatic rings. The molecule has 0 fully saturated rings. The highest BCUT2D eigenvalue weighted by Gasteiger charge is 2.11. The van der Waals surface area contributed by atoms with Gasteiger partial charge in [0.25, 0.3) is 0 Å². The van der Waals surface area contributed by atoms with Crippen LogP contribution in [0, 0.1) is 0 Å². The Morgan fingerprint density at radius 3 is 2.73 bits per heavy atom. The van der Waals surface area contributed by atoms with Gasteiger partial charge in [0.05, 0.1) is 5.52 Å². The van der Waals surface area contributed by atoms with Crippen LogP contribution in [-0.4, -0.2) is 23.3 Å². The molecule has 0 atom stereocenters. The van der Waals surface area contributed by atoms with Gasteiger partial charge in [-0.1, -0.05) is 18.2 Å². The van der Waals surface area contributed by atoms with Gasteiger partial charge in [0.1, 0.15) is 6.67 Å². The average Bonchev–Trinajstić information content (AvgIpc) is 2.83. The van der Waals surface area contributed by atoms with Crippen LogP contribution in [0.15, 0.2) is 48.9 Å². The molecule has 0 aliphatic carbocycles. The SMILES string of the molecule is CN1C=CN(n2ccc3ccccc32)C1. The third-order valence-corrected chi connectivity index (χ3v) is 2.72. The first kappa shape index (κ1) is 8.41. The van der Waals surface area contributed by atoms with Crippen molar-refractivity contribution < 1.29 is 0 Å². The summed E-state index contributed by atoms with van der Waals surface area (Å²) in [5.41, 5.74) is 1.25. The lowest BCUT2D eigenvalue weighted by molar-refractivity contribution is 0.463. The Balaban J connectivity index is 2.08. The number of nitrogens with zero attached hydrogens (tertiary/aromatic N) is 3. The predicted octanol–water partition coefficient (Wildman–Crippen LogP) is 1.95. The molecule has 2 aromatic rings. The van der Waals surface area contributed by atoms with Crippen molar-refractivity contribution in [2.75, 3.05) is 18.7 Å². The molecule has 1 aliphatic heterocycles. The first-order valence-corrected chi connectivity index (χ1v) is 5.06. The van der Waals surface area contributed by atoms with Crippen molar-refractivity contribution in [1.82, 2.24) is 9.58 Å². The fraction of sp³-hybridized carbons (Fsp3) is 0.167. The number of fused-ring (bicyclic) bond motifs is 1. The molecule has 0 unspecified atom stereocenters. The molecule has 2 heterocycles. The molecule has 0 saturated heterocycles.